The van der Waals surface area contributed by atoms with Crippen LogP contribution in [0.2, 0.25) is 0 Å². The van der Waals surface area contributed by atoms with Crippen molar-refractivity contribution in [2.45, 2.75) is 19.2 Å². The van der Waals surface area contributed by atoms with E-state index < -0.39 is 0 Å². The van der Waals surface area contributed by atoms with E-state index in [1.165, 1.54) is 11.1 Å². The molecule has 0 aliphatic carbocycles. The smallest absolute Gasteiger partial charge is 0.180 e. The van der Waals surface area contributed by atoms with Crippen LogP contribution in [0.15, 0.2) is 60.7 Å². The highest BCUT2D eigenvalue weighted by Crippen LogP contribution is 2.43. The van der Waals surface area contributed by atoms with Crippen LogP contribution < -0.4 is 0 Å². The highest BCUT2D eigenvalue weighted by Gasteiger charge is 2.41. The number of nitrogens with zero attached hydrogens (tertiary/aromatic N) is 1. The van der Waals surface area contributed by atoms with Crippen LogP contribution in [0.4, 0.5) is 0 Å². The average Bonchev–Trinajstić information content (AvgIpc) is 3.20. The first-order valence-corrected chi connectivity index (χ1v) is 5.91. The zero-order chi connectivity index (χ0) is 11.7. The fourth-order valence-corrected chi connectivity index (χ4v) is 2.09. The summed E-state index contributed by atoms with van der Waals surface area (Å²) in [5, 5.41) is 2.03. The van der Waals surface area contributed by atoms with Crippen LogP contribution in [0.1, 0.15) is 30.3 Å². The van der Waals surface area contributed by atoms with Crippen molar-refractivity contribution in [3.63, 3.8) is 0 Å². The molecule has 17 heavy (non-hydrogen) atoms. The fraction of sp³-hybridized carbons (Fsp3) is 0.200. The van der Waals surface area contributed by atoms with Gasteiger partial charge in [0.2, 0.25) is 0 Å². The molecule has 0 bridgehead atoms. The third kappa shape index (κ3) is 2.09. The van der Waals surface area contributed by atoms with E-state index in [-0.39, 0.29) is 6.23 Å². The first-order chi connectivity index (χ1) is 8.36. The van der Waals surface area contributed by atoms with Crippen molar-refractivity contribution < 1.29 is 4.84 Å². The summed E-state index contributed by atoms with van der Waals surface area (Å²) in [4.78, 5) is 5.65. The Morgan fingerprint density at radius 1 is 0.941 bits per heavy atom. The number of hydrogen-bond acceptors (Lipinski definition) is 2. The molecule has 2 heteroatoms. The second-order valence-corrected chi connectivity index (χ2v) is 4.31. The van der Waals surface area contributed by atoms with Gasteiger partial charge in [-0.3, -0.25) is 4.84 Å². The maximum atomic E-state index is 5.65. The van der Waals surface area contributed by atoms with Crippen LogP contribution in [-0.4, -0.2) is 5.06 Å². The molecule has 3 rings (SSSR count). The third-order valence-electron chi connectivity index (χ3n) is 3.16. The van der Waals surface area contributed by atoms with Gasteiger partial charge >= 0.3 is 0 Å². The fourth-order valence-electron chi connectivity index (χ4n) is 2.09. The third-order valence-corrected chi connectivity index (χ3v) is 3.16. The van der Waals surface area contributed by atoms with E-state index in [1.807, 2.05) is 29.3 Å². The molecule has 1 saturated heterocycles. The summed E-state index contributed by atoms with van der Waals surface area (Å²) in [7, 11) is 0. The van der Waals surface area contributed by atoms with E-state index in [0.29, 0.717) is 6.04 Å². The zero-order valence-corrected chi connectivity index (χ0v) is 9.78. The summed E-state index contributed by atoms with van der Waals surface area (Å²) >= 11 is 0. The molecular formula is C15H15NO. The molecule has 3 unspecified atom stereocenters. The Kier molecular flexibility index (Phi) is 2.67. The van der Waals surface area contributed by atoms with E-state index in [9.17, 15) is 0 Å². The first kappa shape index (κ1) is 10.5. The Labute approximate surface area is 101 Å². The summed E-state index contributed by atoms with van der Waals surface area (Å²) < 4.78 is 0. The van der Waals surface area contributed by atoms with Crippen molar-refractivity contribution in [1.82, 2.24) is 5.06 Å². The van der Waals surface area contributed by atoms with Gasteiger partial charge in [-0.15, -0.1) is 5.06 Å². The van der Waals surface area contributed by atoms with E-state index in [1.54, 1.807) is 0 Å². The zero-order valence-electron chi connectivity index (χ0n) is 9.78. The Hall–Kier alpha value is -1.64. The molecule has 1 aliphatic rings. The summed E-state index contributed by atoms with van der Waals surface area (Å²) in [5.74, 6) is 0. The molecule has 0 radical (unpaired) electrons. The molecule has 2 aromatic carbocycles. The molecule has 0 N–H and O–H groups in total. The van der Waals surface area contributed by atoms with Crippen LogP contribution in [0.25, 0.3) is 0 Å². The Bertz CT molecular complexity index is 483. The van der Waals surface area contributed by atoms with Crippen molar-refractivity contribution in [1.29, 1.82) is 0 Å². The largest absolute Gasteiger partial charge is 0.269 e. The van der Waals surface area contributed by atoms with E-state index >= 15 is 0 Å². The number of hydrogen-bond donors (Lipinski definition) is 0. The predicted octanol–water partition coefficient (Wildman–Crippen LogP) is 3.69. The van der Waals surface area contributed by atoms with E-state index in [4.69, 9.17) is 4.84 Å². The van der Waals surface area contributed by atoms with Gasteiger partial charge in [0.25, 0.3) is 0 Å². The minimum Gasteiger partial charge on any atom is -0.269 e. The van der Waals surface area contributed by atoms with Crippen LogP contribution in [-0.2, 0) is 4.84 Å². The second-order valence-electron chi connectivity index (χ2n) is 4.31. The summed E-state index contributed by atoms with van der Waals surface area (Å²) in [6, 6.07) is 21.0. The summed E-state index contributed by atoms with van der Waals surface area (Å²) in [6.07, 6.45) is 0.117. The molecule has 1 fully saturated rings. The molecule has 2 nitrogen and oxygen atoms in total. The quantitative estimate of drug-likeness (QED) is 0.740. The van der Waals surface area contributed by atoms with Gasteiger partial charge in [-0.2, -0.15) is 0 Å². The van der Waals surface area contributed by atoms with Crippen molar-refractivity contribution in [2.24, 2.45) is 0 Å². The monoisotopic (exact) mass is 225 g/mol. The second kappa shape index (κ2) is 4.32. The SMILES string of the molecule is CC(c1ccccc1)N1OC1c1ccccc1. The molecule has 0 spiro atoms. The number of benzene rings is 2. The summed E-state index contributed by atoms with van der Waals surface area (Å²) in [5.41, 5.74) is 2.50. The summed E-state index contributed by atoms with van der Waals surface area (Å²) in [6.45, 7) is 2.16. The van der Waals surface area contributed by atoms with Gasteiger partial charge in [-0.25, -0.2) is 0 Å². The average molecular weight is 225 g/mol. The van der Waals surface area contributed by atoms with Crippen LogP contribution >= 0.6 is 0 Å². The van der Waals surface area contributed by atoms with Crippen LogP contribution in [0.3, 0.4) is 0 Å². The lowest BCUT2D eigenvalue weighted by Crippen LogP contribution is -2.05. The molecule has 0 saturated carbocycles. The lowest BCUT2D eigenvalue weighted by molar-refractivity contribution is 0.155. The van der Waals surface area contributed by atoms with Crippen molar-refractivity contribution in [2.75, 3.05) is 0 Å². The molecule has 1 heterocycles. The molecular weight excluding hydrogens is 210 g/mol. The number of hydroxylamine groups is 2. The lowest BCUT2D eigenvalue weighted by Gasteiger charge is -2.10. The minimum absolute atomic E-state index is 0.117. The van der Waals surface area contributed by atoms with Gasteiger partial charge in [0.1, 0.15) is 0 Å². The van der Waals surface area contributed by atoms with Crippen molar-refractivity contribution in [3.05, 3.63) is 71.8 Å². The Morgan fingerprint density at radius 3 is 2.18 bits per heavy atom. The maximum Gasteiger partial charge on any atom is 0.180 e. The maximum absolute atomic E-state index is 5.65. The minimum atomic E-state index is 0.117. The van der Waals surface area contributed by atoms with Crippen molar-refractivity contribution in [3.8, 4) is 0 Å². The van der Waals surface area contributed by atoms with Gasteiger partial charge < -0.3 is 0 Å². The van der Waals surface area contributed by atoms with Crippen LogP contribution in [0.5, 0.6) is 0 Å². The molecule has 86 valence electrons. The molecule has 1 aliphatic heterocycles. The normalized spacial score (nSPS) is 24.3. The van der Waals surface area contributed by atoms with E-state index in [2.05, 4.69) is 43.3 Å². The number of rotatable bonds is 3. The molecule has 0 aromatic heterocycles. The van der Waals surface area contributed by atoms with E-state index in [0.717, 1.165) is 0 Å². The highest BCUT2D eigenvalue weighted by molar-refractivity contribution is 5.22. The van der Waals surface area contributed by atoms with Gasteiger partial charge in [0, 0.05) is 0 Å². The highest BCUT2D eigenvalue weighted by atomic mass is 16.8. The lowest BCUT2D eigenvalue weighted by atomic mass is 10.1. The molecule has 0 amide bonds. The predicted molar refractivity (Wildman–Crippen MR) is 67.0 cm³/mol. The van der Waals surface area contributed by atoms with Gasteiger partial charge in [0.15, 0.2) is 6.23 Å². The molecule has 2 aromatic rings. The molecule has 3 atom stereocenters. The Balaban J connectivity index is 1.73. The Morgan fingerprint density at radius 2 is 1.53 bits per heavy atom. The van der Waals surface area contributed by atoms with Gasteiger partial charge in [-0.1, -0.05) is 60.7 Å². The van der Waals surface area contributed by atoms with Gasteiger partial charge in [0.05, 0.1) is 6.04 Å². The standard InChI is InChI=1S/C15H15NO/c1-12(13-8-4-2-5-9-13)16-15(17-16)14-10-6-3-7-11-14/h2-12,15H,1H3. The van der Waals surface area contributed by atoms with Crippen molar-refractivity contribution >= 4 is 0 Å². The van der Waals surface area contributed by atoms with Gasteiger partial charge in [-0.05, 0) is 18.1 Å². The topological polar surface area (TPSA) is 15.5 Å². The first-order valence-electron chi connectivity index (χ1n) is 5.91. The van der Waals surface area contributed by atoms with Crippen LogP contribution in [0, 0.1) is 0 Å².